The molecule has 188 valence electrons. The van der Waals surface area contributed by atoms with Crippen LogP contribution in [0.3, 0.4) is 0 Å². The van der Waals surface area contributed by atoms with E-state index in [9.17, 15) is 9.59 Å². The molecule has 3 aromatic rings. The normalized spacial score (nSPS) is 17.9. The summed E-state index contributed by atoms with van der Waals surface area (Å²) in [6, 6.07) is 17.7. The third-order valence-electron chi connectivity index (χ3n) is 7.55. The van der Waals surface area contributed by atoms with Crippen molar-refractivity contribution in [3.05, 3.63) is 65.9 Å². The first-order chi connectivity index (χ1) is 17.4. The highest BCUT2D eigenvalue weighted by atomic mass is 16.5. The van der Waals surface area contributed by atoms with E-state index in [0.717, 1.165) is 46.7 Å². The maximum absolute atomic E-state index is 13.3. The second kappa shape index (κ2) is 9.78. The molecule has 36 heavy (non-hydrogen) atoms. The Morgan fingerprint density at radius 3 is 2.39 bits per heavy atom. The molecular formula is C28H32N4O4. The van der Waals surface area contributed by atoms with Crippen LogP contribution in [0.25, 0.3) is 10.9 Å². The molecule has 2 saturated heterocycles. The number of piperidine rings is 1. The third kappa shape index (κ3) is 4.26. The Labute approximate surface area is 211 Å². The lowest BCUT2D eigenvalue weighted by Crippen LogP contribution is -2.56. The van der Waals surface area contributed by atoms with E-state index in [1.54, 1.807) is 26.2 Å². The summed E-state index contributed by atoms with van der Waals surface area (Å²) in [6.07, 6.45) is 1.91. The molecule has 3 amide bonds. The Kier molecular flexibility index (Phi) is 6.53. The van der Waals surface area contributed by atoms with Crippen molar-refractivity contribution in [3.8, 4) is 11.5 Å². The lowest BCUT2D eigenvalue weighted by Gasteiger charge is -2.42. The largest absolute Gasteiger partial charge is 0.497 e. The SMILES string of the molecule is COc1ccc(CCN2C(=O)N(C)C(=O)C23CCN(Cc2ccc4cccc(OC)c4n2)CC3)cc1. The number of aromatic nitrogens is 1. The quantitative estimate of drug-likeness (QED) is 0.472. The van der Waals surface area contributed by atoms with Gasteiger partial charge in [0.25, 0.3) is 5.91 Å². The van der Waals surface area contributed by atoms with E-state index in [2.05, 4.69) is 11.0 Å². The Morgan fingerprint density at radius 2 is 1.69 bits per heavy atom. The van der Waals surface area contributed by atoms with Crippen molar-refractivity contribution < 1.29 is 19.1 Å². The Bertz CT molecular complexity index is 1270. The van der Waals surface area contributed by atoms with Gasteiger partial charge in [-0.05, 0) is 49.1 Å². The monoisotopic (exact) mass is 488 g/mol. The molecule has 1 aromatic heterocycles. The molecule has 2 aliphatic rings. The number of para-hydroxylation sites is 1. The lowest BCUT2D eigenvalue weighted by atomic mass is 9.85. The Balaban J connectivity index is 1.28. The zero-order chi connectivity index (χ0) is 25.3. The minimum Gasteiger partial charge on any atom is -0.497 e. The van der Waals surface area contributed by atoms with Crippen molar-refractivity contribution in [1.82, 2.24) is 19.7 Å². The number of imide groups is 1. The topological polar surface area (TPSA) is 75.2 Å². The number of amides is 3. The number of hydrogen-bond donors (Lipinski definition) is 0. The number of likely N-dealkylation sites (N-methyl/N-ethyl adjacent to an activating group) is 1. The second-order valence-electron chi connectivity index (χ2n) is 9.54. The van der Waals surface area contributed by atoms with Crippen LogP contribution in [0.4, 0.5) is 4.79 Å². The first-order valence-electron chi connectivity index (χ1n) is 12.3. The highest BCUT2D eigenvalue weighted by Gasteiger charge is 2.56. The number of nitrogens with zero attached hydrogens (tertiary/aromatic N) is 4. The summed E-state index contributed by atoms with van der Waals surface area (Å²) in [4.78, 5) is 36.6. The number of benzene rings is 2. The van der Waals surface area contributed by atoms with Crippen LogP contribution >= 0.6 is 0 Å². The van der Waals surface area contributed by atoms with Crippen molar-refractivity contribution in [3.63, 3.8) is 0 Å². The van der Waals surface area contributed by atoms with Gasteiger partial charge in [0.15, 0.2) is 0 Å². The fraction of sp³-hybridized carbons (Fsp3) is 0.393. The summed E-state index contributed by atoms with van der Waals surface area (Å²) in [5.74, 6) is 1.47. The molecule has 2 aromatic carbocycles. The molecule has 0 N–H and O–H groups in total. The van der Waals surface area contributed by atoms with Gasteiger partial charge in [-0.25, -0.2) is 9.78 Å². The minimum atomic E-state index is -0.769. The zero-order valence-corrected chi connectivity index (χ0v) is 21.1. The Morgan fingerprint density at radius 1 is 0.944 bits per heavy atom. The van der Waals surface area contributed by atoms with Crippen LogP contribution in [-0.2, 0) is 17.8 Å². The summed E-state index contributed by atoms with van der Waals surface area (Å²) < 4.78 is 10.7. The third-order valence-corrected chi connectivity index (χ3v) is 7.55. The highest BCUT2D eigenvalue weighted by molar-refractivity contribution is 6.06. The lowest BCUT2D eigenvalue weighted by molar-refractivity contribution is -0.134. The van der Waals surface area contributed by atoms with Gasteiger partial charge in [-0.3, -0.25) is 14.6 Å². The molecule has 5 rings (SSSR count). The fourth-order valence-electron chi connectivity index (χ4n) is 5.43. The maximum atomic E-state index is 13.3. The summed E-state index contributed by atoms with van der Waals surface area (Å²) in [7, 11) is 4.89. The molecule has 0 bridgehead atoms. The number of carbonyl (C=O) groups is 2. The van der Waals surface area contributed by atoms with Crippen molar-refractivity contribution in [2.24, 2.45) is 0 Å². The van der Waals surface area contributed by atoms with Gasteiger partial charge >= 0.3 is 6.03 Å². The molecular weight excluding hydrogens is 456 g/mol. The number of rotatable bonds is 7. The zero-order valence-electron chi connectivity index (χ0n) is 21.1. The van der Waals surface area contributed by atoms with Crippen LogP contribution in [0, 0.1) is 0 Å². The molecule has 0 radical (unpaired) electrons. The first kappa shape index (κ1) is 24.1. The number of methoxy groups -OCH3 is 2. The van der Waals surface area contributed by atoms with Gasteiger partial charge in [-0.2, -0.15) is 0 Å². The van der Waals surface area contributed by atoms with Gasteiger partial charge in [0.05, 0.1) is 19.9 Å². The summed E-state index contributed by atoms with van der Waals surface area (Å²) >= 11 is 0. The van der Waals surface area contributed by atoms with E-state index in [4.69, 9.17) is 14.5 Å². The summed E-state index contributed by atoms with van der Waals surface area (Å²) in [5, 5.41) is 1.04. The summed E-state index contributed by atoms with van der Waals surface area (Å²) in [5.41, 5.74) is 2.16. The van der Waals surface area contributed by atoms with Crippen LogP contribution in [-0.4, -0.2) is 78.1 Å². The number of ether oxygens (including phenoxy) is 2. The molecule has 8 nitrogen and oxygen atoms in total. The van der Waals surface area contributed by atoms with Crippen molar-refractivity contribution >= 4 is 22.8 Å². The number of hydrogen-bond acceptors (Lipinski definition) is 6. The van der Waals surface area contributed by atoms with Gasteiger partial charge in [0.1, 0.15) is 22.6 Å². The molecule has 0 aliphatic carbocycles. The predicted molar refractivity (Wildman–Crippen MR) is 137 cm³/mol. The minimum absolute atomic E-state index is 0.0875. The van der Waals surface area contributed by atoms with Gasteiger partial charge in [0.2, 0.25) is 0 Å². The molecule has 2 aliphatic heterocycles. The van der Waals surface area contributed by atoms with Crippen LogP contribution in [0.5, 0.6) is 11.5 Å². The molecule has 3 heterocycles. The average Bonchev–Trinajstić information content (AvgIpc) is 3.09. The number of carbonyl (C=O) groups excluding carboxylic acids is 2. The van der Waals surface area contributed by atoms with Gasteiger partial charge in [-0.1, -0.05) is 30.3 Å². The van der Waals surface area contributed by atoms with E-state index in [-0.39, 0.29) is 11.9 Å². The molecule has 8 heteroatoms. The standard InChI is InChI=1S/C28H32N4O4/c1-30-26(33)28(32(27(30)34)16-13-20-7-11-23(35-2)12-8-20)14-17-31(18-15-28)19-22-10-9-21-5-4-6-24(36-3)25(21)29-22/h4-12H,13-19H2,1-3H3. The fourth-order valence-corrected chi connectivity index (χ4v) is 5.43. The maximum Gasteiger partial charge on any atom is 0.327 e. The smallest absolute Gasteiger partial charge is 0.327 e. The van der Waals surface area contributed by atoms with Crippen LogP contribution in [0.15, 0.2) is 54.6 Å². The highest BCUT2D eigenvalue weighted by Crippen LogP contribution is 2.37. The van der Waals surface area contributed by atoms with Crippen molar-refractivity contribution in [2.75, 3.05) is 40.9 Å². The second-order valence-corrected chi connectivity index (χ2v) is 9.54. The van der Waals surface area contributed by atoms with E-state index in [1.165, 1.54) is 4.90 Å². The van der Waals surface area contributed by atoms with E-state index >= 15 is 0 Å². The predicted octanol–water partition coefficient (Wildman–Crippen LogP) is 3.72. The Hall–Kier alpha value is -3.65. The van der Waals surface area contributed by atoms with Gasteiger partial charge in [0, 0.05) is 38.6 Å². The van der Waals surface area contributed by atoms with Crippen LogP contribution < -0.4 is 9.47 Å². The van der Waals surface area contributed by atoms with E-state index in [1.807, 2.05) is 48.5 Å². The van der Waals surface area contributed by atoms with Gasteiger partial charge < -0.3 is 14.4 Å². The number of fused-ring (bicyclic) bond motifs is 1. The van der Waals surface area contributed by atoms with Crippen molar-refractivity contribution in [1.29, 1.82) is 0 Å². The van der Waals surface area contributed by atoms with Crippen molar-refractivity contribution in [2.45, 2.75) is 31.3 Å². The van der Waals surface area contributed by atoms with E-state index in [0.29, 0.717) is 32.4 Å². The van der Waals surface area contributed by atoms with Gasteiger partial charge in [-0.15, -0.1) is 0 Å². The molecule has 0 saturated carbocycles. The molecule has 0 atom stereocenters. The first-order valence-corrected chi connectivity index (χ1v) is 12.3. The number of urea groups is 1. The van der Waals surface area contributed by atoms with E-state index < -0.39 is 5.54 Å². The number of pyridine rings is 1. The summed E-state index contributed by atoms with van der Waals surface area (Å²) in [6.45, 7) is 2.64. The molecule has 1 spiro atoms. The molecule has 2 fully saturated rings. The number of likely N-dealkylation sites (tertiary alicyclic amines) is 1. The average molecular weight is 489 g/mol. The van der Waals surface area contributed by atoms with Crippen LogP contribution in [0.2, 0.25) is 0 Å². The van der Waals surface area contributed by atoms with Crippen LogP contribution in [0.1, 0.15) is 24.1 Å². The molecule has 0 unspecified atom stereocenters.